The van der Waals surface area contributed by atoms with E-state index in [-0.39, 0.29) is 0 Å². The summed E-state index contributed by atoms with van der Waals surface area (Å²) in [6.07, 6.45) is 12.3. The van der Waals surface area contributed by atoms with Gasteiger partial charge in [-0.2, -0.15) is 0 Å². The van der Waals surface area contributed by atoms with E-state index < -0.39 is 0 Å². The fourth-order valence-electron chi connectivity index (χ4n) is 1.38. The highest BCUT2D eigenvalue weighted by atomic mass is 14.1. The van der Waals surface area contributed by atoms with Gasteiger partial charge >= 0.3 is 0 Å². The molecule has 0 N–H and O–H groups in total. The van der Waals surface area contributed by atoms with Crippen LogP contribution in [0.15, 0.2) is 12.2 Å². The summed E-state index contributed by atoms with van der Waals surface area (Å²) in [6, 6.07) is 0. The lowest BCUT2D eigenvalue weighted by Gasteiger charge is -2.13. The molecule has 0 nitrogen and oxygen atoms in total. The van der Waals surface area contributed by atoms with Crippen molar-refractivity contribution in [2.75, 3.05) is 0 Å². The van der Waals surface area contributed by atoms with Crippen molar-refractivity contribution >= 4 is 0 Å². The monoisotopic (exact) mass is 123 g/mol. The van der Waals surface area contributed by atoms with Crippen LogP contribution in [0, 0.1) is 12.3 Å². The van der Waals surface area contributed by atoms with E-state index in [0.717, 1.165) is 5.92 Å². The first-order chi connectivity index (χ1) is 4.43. The van der Waals surface area contributed by atoms with Gasteiger partial charge in [-0.25, -0.2) is 0 Å². The van der Waals surface area contributed by atoms with Crippen molar-refractivity contribution in [1.29, 1.82) is 0 Å². The highest BCUT2D eigenvalue weighted by molar-refractivity contribution is 4.94. The molecule has 0 aromatic heterocycles. The Morgan fingerprint density at radius 3 is 3.11 bits per heavy atom. The summed E-state index contributed by atoms with van der Waals surface area (Å²) in [5.74, 6) is 0.865. The van der Waals surface area contributed by atoms with E-state index >= 15 is 0 Å². The molecule has 1 aliphatic carbocycles. The number of rotatable bonds is 2. The number of hydrogen-bond acceptors (Lipinski definition) is 0. The van der Waals surface area contributed by atoms with Gasteiger partial charge in [-0.05, 0) is 38.0 Å². The summed E-state index contributed by atoms with van der Waals surface area (Å²) in [5, 5.41) is 0. The molecule has 0 amide bonds. The first-order valence-electron chi connectivity index (χ1n) is 3.88. The zero-order valence-corrected chi connectivity index (χ0v) is 6.14. The van der Waals surface area contributed by atoms with E-state index in [0.29, 0.717) is 0 Å². The van der Waals surface area contributed by atoms with Crippen LogP contribution in [-0.2, 0) is 0 Å². The predicted octanol–water partition coefficient (Wildman–Crippen LogP) is 2.96. The summed E-state index contributed by atoms with van der Waals surface area (Å²) in [5.41, 5.74) is 0. The Kier molecular flexibility index (Phi) is 2.82. The maximum atomic E-state index is 2.36. The summed E-state index contributed by atoms with van der Waals surface area (Å²) in [6.45, 7) is 2.14. The Labute approximate surface area is 58.0 Å². The largest absolute Gasteiger partial charge is 0.0883 e. The van der Waals surface area contributed by atoms with Crippen LogP contribution in [0.4, 0.5) is 0 Å². The molecule has 0 fully saturated rings. The van der Waals surface area contributed by atoms with E-state index in [9.17, 15) is 0 Å². The van der Waals surface area contributed by atoms with E-state index in [4.69, 9.17) is 0 Å². The lowest BCUT2D eigenvalue weighted by atomic mass is 9.92. The predicted molar refractivity (Wildman–Crippen MR) is 41.1 cm³/mol. The van der Waals surface area contributed by atoms with Crippen LogP contribution in [0.2, 0.25) is 0 Å². The van der Waals surface area contributed by atoms with Gasteiger partial charge in [-0.1, -0.05) is 19.1 Å². The molecule has 0 saturated carbocycles. The third-order valence-electron chi connectivity index (χ3n) is 1.89. The van der Waals surface area contributed by atoms with Gasteiger partial charge in [0, 0.05) is 0 Å². The number of hydrogen-bond donors (Lipinski definition) is 0. The Morgan fingerprint density at radius 1 is 1.67 bits per heavy atom. The van der Waals surface area contributed by atoms with Crippen LogP contribution in [0.25, 0.3) is 0 Å². The van der Waals surface area contributed by atoms with E-state index in [1.165, 1.54) is 25.7 Å². The molecule has 0 heterocycles. The molecule has 1 unspecified atom stereocenters. The lowest BCUT2D eigenvalue weighted by Crippen LogP contribution is -1.99. The van der Waals surface area contributed by atoms with Crippen molar-refractivity contribution in [3.8, 4) is 0 Å². The summed E-state index contributed by atoms with van der Waals surface area (Å²) >= 11 is 0. The van der Waals surface area contributed by atoms with Gasteiger partial charge in [0.15, 0.2) is 0 Å². The van der Waals surface area contributed by atoms with Crippen LogP contribution in [0.1, 0.15) is 32.6 Å². The molecule has 0 saturated heterocycles. The molecule has 1 radical (unpaired) electrons. The molecule has 1 rings (SSSR count). The van der Waals surface area contributed by atoms with Crippen LogP contribution in [0.3, 0.4) is 0 Å². The quantitative estimate of drug-likeness (QED) is 0.495. The standard InChI is InChI=1S/C9H15/c1-2-6-9-7-4-3-5-8-9/h2,4,7,9H,3,5-6,8H2,1H3. The van der Waals surface area contributed by atoms with Crippen molar-refractivity contribution in [2.24, 2.45) is 5.92 Å². The number of allylic oxidation sites excluding steroid dienone is 2. The van der Waals surface area contributed by atoms with Crippen molar-refractivity contribution in [1.82, 2.24) is 0 Å². The van der Waals surface area contributed by atoms with Gasteiger partial charge in [0.1, 0.15) is 0 Å². The van der Waals surface area contributed by atoms with Crippen LogP contribution >= 0.6 is 0 Å². The molecule has 1 aliphatic rings. The molecule has 51 valence electrons. The van der Waals surface area contributed by atoms with Crippen molar-refractivity contribution < 1.29 is 0 Å². The Balaban J connectivity index is 2.23. The molecule has 0 bridgehead atoms. The smallest absolute Gasteiger partial charge is 0.0231 e. The van der Waals surface area contributed by atoms with Crippen LogP contribution < -0.4 is 0 Å². The van der Waals surface area contributed by atoms with E-state index in [1.807, 2.05) is 0 Å². The van der Waals surface area contributed by atoms with Gasteiger partial charge in [0.2, 0.25) is 0 Å². The summed E-state index contributed by atoms with van der Waals surface area (Å²) in [4.78, 5) is 0. The second kappa shape index (κ2) is 3.71. The average molecular weight is 123 g/mol. The zero-order valence-electron chi connectivity index (χ0n) is 6.14. The minimum absolute atomic E-state index is 0.865. The summed E-state index contributed by atoms with van der Waals surface area (Å²) in [7, 11) is 0. The zero-order chi connectivity index (χ0) is 6.53. The Morgan fingerprint density at radius 2 is 2.56 bits per heavy atom. The Bertz CT molecular complexity index is 92.2. The van der Waals surface area contributed by atoms with Gasteiger partial charge in [0.25, 0.3) is 0 Å². The first-order valence-corrected chi connectivity index (χ1v) is 3.88. The first kappa shape index (κ1) is 6.85. The third kappa shape index (κ3) is 2.21. The topological polar surface area (TPSA) is 0 Å². The lowest BCUT2D eigenvalue weighted by molar-refractivity contribution is 0.534. The van der Waals surface area contributed by atoms with E-state index in [2.05, 4.69) is 25.5 Å². The van der Waals surface area contributed by atoms with Gasteiger partial charge in [0.05, 0.1) is 0 Å². The second-order valence-corrected chi connectivity index (χ2v) is 2.76. The average Bonchev–Trinajstić information content (AvgIpc) is 1.91. The van der Waals surface area contributed by atoms with Crippen LogP contribution in [0.5, 0.6) is 0 Å². The normalized spacial score (nSPS) is 26.6. The summed E-state index contributed by atoms with van der Waals surface area (Å²) < 4.78 is 0. The second-order valence-electron chi connectivity index (χ2n) is 2.76. The minimum Gasteiger partial charge on any atom is -0.0883 e. The molecule has 0 aromatic rings. The van der Waals surface area contributed by atoms with Crippen molar-refractivity contribution in [3.05, 3.63) is 18.6 Å². The van der Waals surface area contributed by atoms with E-state index in [1.54, 1.807) is 0 Å². The fourth-order valence-corrected chi connectivity index (χ4v) is 1.38. The fraction of sp³-hybridized carbons (Fsp3) is 0.667. The third-order valence-corrected chi connectivity index (χ3v) is 1.89. The SMILES string of the molecule is C[CH]CC1C=CCCC1. The van der Waals surface area contributed by atoms with Gasteiger partial charge in [-0.15, -0.1) is 0 Å². The molecule has 0 spiro atoms. The van der Waals surface area contributed by atoms with Crippen molar-refractivity contribution in [3.63, 3.8) is 0 Å². The van der Waals surface area contributed by atoms with Crippen LogP contribution in [-0.4, -0.2) is 0 Å². The highest BCUT2D eigenvalue weighted by Gasteiger charge is 2.05. The Hall–Kier alpha value is -0.260. The molecule has 0 aliphatic heterocycles. The maximum Gasteiger partial charge on any atom is -0.0231 e. The van der Waals surface area contributed by atoms with Gasteiger partial charge in [-0.3, -0.25) is 0 Å². The maximum absolute atomic E-state index is 2.36. The molecule has 9 heavy (non-hydrogen) atoms. The molecule has 0 aromatic carbocycles. The minimum atomic E-state index is 0.865. The molecule has 1 atom stereocenters. The molecular weight excluding hydrogens is 108 g/mol. The van der Waals surface area contributed by atoms with Crippen molar-refractivity contribution in [2.45, 2.75) is 32.6 Å². The molecular formula is C9H15. The highest BCUT2D eigenvalue weighted by Crippen LogP contribution is 2.20. The molecule has 0 heteroatoms. The van der Waals surface area contributed by atoms with Gasteiger partial charge < -0.3 is 0 Å².